The van der Waals surface area contributed by atoms with Crippen molar-refractivity contribution in [3.8, 4) is 17.2 Å². The van der Waals surface area contributed by atoms with E-state index in [0.717, 1.165) is 36.7 Å². The first-order valence-corrected chi connectivity index (χ1v) is 11.1. The molecule has 1 amide bonds. The van der Waals surface area contributed by atoms with Crippen LogP contribution < -0.4 is 10.1 Å². The number of hydrogen-bond acceptors (Lipinski definition) is 4. The molecule has 4 aromatic rings. The molecule has 1 heterocycles. The van der Waals surface area contributed by atoms with E-state index < -0.39 is 0 Å². The predicted molar refractivity (Wildman–Crippen MR) is 129 cm³/mol. The molecule has 0 fully saturated rings. The Kier molecular flexibility index (Phi) is 6.53. The highest BCUT2D eigenvalue weighted by Crippen LogP contribution is 2.33. The van der Waals surface area contributed by atoms with Crippen LogP contribution >= 0.6 is 31.9 Å². The Labute approximate surface area is 196 Å². The van der Waals surface area contributed by atoms with E-state index in [1.54, 1.807) is 13.2 Å². The van der Waals surface area contributed by atoms with E-state index >= 15 is 0 Å². The van der Waals surface area contributed by atoms with Gasteiger partial charge in [-0.2, -0.15) is 0 Å². The number of methoxy groups -OCH3 is 1. The summed E-state index contributed by atoms with van der Waals surface area (Å²) in [6, 6.07) is 19.2. The number of carbonyl (C=O) groups excluding carboxylic acids is 1. The second-order valence-corrected chi connectivity index (χ2v) is 8.51. The summed E-state index contributed by atoms with van der Waals surface area (Å²) in [4.78, 5) is 16.8. The number of halogens is 2. The van der Waals surface area contributed by atoms with Crippen molar-refractivity contribution in [2.75, 3.05) is 7.11 Å². The summed E-state index contributed by atoms with van der Waals surface area (Å²) in [5.41, 5.74) is 4.24. The number of oxazole rings is 1. The lowest BCUT2D eigenvalue weighted by atomic mass is 10.1. The number of ether oxygens (including phenoxy) is 1. The third-order valence-electron chi connectivity index (χ3n) is 4.62. The van der Waals surface area contributed by atoms with Gasteiger partial charge in [0.25, 0.3) is 0 Å². The molecular weight excluding hydrogens is 524 g/mol. The number of para-hydroxylation sites is 2. The normalized spacial score (nSPS) is 11.2. The lowest BCUT2D eigenvalue weighted by Gasteiger charge is -2.08. The van der Waals surface area contributed by atoms with E-state index in [0.29, 0.717) is 18.2 Å². The van der Waals surface area contributed by atoms with Gasteiger partial charge in [0.1, 0.15) is 11.3 Å². The lowest BCUT2D eigenvalue weighted by Crippen LogP contribution is -2.20. The van der Waals surface area contributed by atoms with Gasteiger partial charge in [-0.25, -0.2) is 4.98 Å². The number of aromatic nitrogens is 1. The maximum absolute atomic E-state index is 12.3. The number of hydrogen-bond donors (Lipinski definition) is 1. The lowest BCUT2D eigenvalue weighted by molar-refractivity contribution is -0.116. The van der Waals surface area contributed by atoms with Crippen molar-refractivity contribution < 1.29 is 13.9 Å². The standard InChI is InChI=1S/C24H18Br2N2O3/c1-30-23-17(12-18(25)13-19(23)26)10-11-22(29)27-14-15-6-8-16(9-7-15)24-28-20-4-2-3-5-21(20)31-24/h2-13H,14H2,1H3,(H,27,29)/b11-10+. The van der Waals surface area contributed by atoms with Crippen LogP contribution in [0.1, 0.15) is 11.1 Å². The fourth-order valence-electron chi connectivity index (χ4n) is 3.09. The maximum Gasteiger partial charge on any atom is 0.244 e. The molecule has 3 aromatic carbocycles. The molecule has 31 heavy (non-hydrogen) atoms. The largest absolute Gasteiger partial charge is 0.495 e. The third-order valence-corrected chi connectivity index (χ3v) is 5.66. The van der Waals surface area contributed by atoms with E-state index in [2.05, 4.69) is 42.2 Å². The molecule has 0 aliphatic rings. The maximum atomic E-state index is 12.3. The molecule has 7 heteroatoms. The zero-order chi connectivity index (χ0) is 21.8. The van der Waals surface area contributed by atoms with Crippen LogP contribution in [0.25, 0.3) is 28.6 Å². The van der Waals surface area contributed by atoms with Crippen molar-refractivity contribution in [1.29, 1.82) is 0 Å². The SMILES string of the molecule is COc1c(Br)cc(Br)cc1/C=C/C(=O)NCc1ccc(-c2nc3ccccc3o2)cc1. The number of carbonyl (C=O) groups is 1. The zero-order valence-electron chi connectivity index (χ0n) is 16.6. The van der Waals surface area contributed by atoms with Crippen LogP contribution in [-0.4, -0.2) is 18.0 Å². The Balaban J connectivity index is 1.39. The van der Waals surface area contributed by atoms with Gasteiger partial charge in [0.2, 0.25) is 11.8 Å². The van der Waals surface area contributed by atoms with Crippen molar-refractivity contribution in [3.63, 3.8) is 0 Å². The summed E-state index contributed by atoms with van der Waals surface area (Å²) in [6.45, 7) is 0.413. The average Bonchev–Trinajstić information content (AvgIpc) is 3.20. The van der Waals surface area contributed by atoms with Gasteiger partial charge < -0.3 is 14.5 Å². The molecular formula is C24H18Br2N2O3. The predicted octanol–water partition coefficient (Wildman–Crippen LogP) is 6.36. The van der Waals surface area contributed by atoms with E-state index in [1.807, 2.05) is 60.7 Å². The van der Waals surface area contributed by atoms with E-state index in [9.17, 15) is 4.79 Å². The minimum Gasteiger partial charge on any atom is -0.495 e. The molecule has 0 atom stereocenters. The Hall–Kier alpha value is -2.90. The molecule has 1 aromatic heterocycles. The summed E-state index contributed by atoms with van der Waals surface area (Å²) in [5, 5.41) is 2.89. The molecule has 0 aliphatic carbocycles. The first-order chi connectivity index (χ1) is 15.0. The van der Waals surface area contributed by atoms with Gasteiger partial charge in [0.15, 0.2) is 5.58 Å². The molecule has 0 bridgehead atoms. The summed E-state index contributed by atoms with van der Waals surface area (Å²) < 4.78 is 12.9. The summed E-state index contributed by atoms with van der Waals surface area (Å²) in [5.74, 6) is 1.05. The van der Waals surface area contributed by atoms with Crippen LogP contribution in [0.5, 0.6) is 5.75 Å². The molecule has 5 nitrogen and oxygen atoms in total. The van der Waals surface area contributed by atoms with Crippen molar-refractivity contribution in [1.82, 2.24) is 10.3 Å². The van der Waals surface area contributed by atoms with Crippen molar-refractivity contribution >= 4 is 54.9 Å². The molecule has 0 aliphatic heterocycles. The Bertz CT molecular complexity index is 1230. The number of rotatable bonds is 6. The van der Waals surface area contributed by atoms with Gasteiger partial charge in [0.05, 0.1) is 11.6 Å². The minimum atomic E-state index is -0.193. The van der Waals surface area contributed by atoms with Gasteiger partial charge in [-0.1, -0.05) is 40.2 Å². The molecule has 1 N–H and O–H groups in total. The monoisotopic (exact) mass is 540 g/mol. The van der Waals surface area contributed by atoms with Crippen LogP contribution in [0.2, 0.25) is 0 Å². The van der Waals surface area contributed by atoms with Crippen molar-refractivity contribution in [2.45, 2.75) is 6.54 Å². The van der Waals surface area contributed by atoms with Crippen molar-refractivity contribution in [3.05, 3.63) is 86.8 Å². The number of amides is 1. The van der Waals surface area contributed by atoms with Crippen LogP contribution in [0.15, 0.2) is 80.1 Å². The third kappa shape index (κ3) is 5.06. The van der Waals surface area contributed by atoms with Gasteiger partial charge >= 0.3 is 0 Å². The van der Waals surface area contributed by atoms with E-state index in [-0.39, 0.29) is 5.91 Å². The molecule has 0 saturated heterocycles. The smallest absolute Gasteiger partial charge is 0.244 e. The summed E-state index contributed by atoms with van der Waals surface area (Å²) in [7, 11) is 1.59. The van der Waals surface area contributed by atoms with Gasteiger partial charge in [0, 0.05) is 28.2 Å². The first kappa shape index (κ1) is 21.3. The highest BCUT2D eigenvalue weighted by molar-refractivity contribution is 9.11. The molecule has 4 rings (SSSR count). The quantitative estimate of drug-likeness (QED) is 0.288. The summed E-state index contributed by atoms with van der Waals surface area (Å²) >= 11 is 6.90. The zero-order valence-corrected chi connectivity index (χ0v) is 19.7. The highest BCUT2D eigenvalue weighted by atomic mass is 79.9. The Morgan fingerprint density at radius 1 is 1.13 bits per heavy atom. The van der Waals surface area contributed by atoms with Crippen molar-refractivity contribution in [2.24, 2.45) is 0 Å². The van der Waals surface area contributed by atoms with Crippen LogP contribution in [-0.2, 0) is 11.3 Å². The molecule has 0 unspecified atom stereocenters. The average molecular weight is 542 g/mol. The number of nitrogens with zero attached hydrogens (tertiary/aromatic N) is 1. The molecule has 156 valence electrons. The Morgan fingerprint density at radius 3 is 2.65 bits per heavy atom. The number of fused-ring (bicyclic) bond motifs is 1. The van der Waals surface area contributed by atoms with Gasteiger partial charge in [-0.05, 0) is 64.0 Å². The molecule has 0 spiro atoms. The first-order valence-electron chi connectivity index (χ1n) is 9.47. The van der Waals surface area contributed by atoms with Gasteiger partial charge in [-0.15, -0.1) is 0 Å². The molecule has 0 saturated carbocycles. The Morgan fingerprint density at radius 2 is 1.90 bits per heavy atom. The van der Waals surface area contributed by atoms with E-state index in [1.165, 1.54) is 6.08 Å². The van der Waals surface area contributed by atoms with Crippen LogP contribution in [0.4, 0.5) is 0 Å². The van der Waals surface area contributed by atoms with Crippen LogP contribution in [0.3, 0.4) is 0 Å². The fraction of sp³-hybridized carbons (Fsp3) is 0.0833. The minimum absolute atomic E-state index is 0.193. The second kappa shape index (κ2) is 9.49. The fourth-order valence-corrected chi connectivity index (χ4v) is 4.51. The van der Waals surface area contributed by atoms with Crippen LogP contribution in [0, 0.1) is 0 Å². The number of nitrogens with one attached hydrogen (secondary N) is 1. The molecule has 0 radical (unpaired) electrons. The summed E-state index contributed by atoms with van der Waals surface area (Å²) in [6.07, 6.45) is 3.21. The topological polar surface area (TPSA) is 64.4 Å². The second-order valence-electron chi connectivity index (χ2n) is 6.74. The number of benzene rings is 3. The van der Waals surface area contributed by atoms with Gasteiger partial charge in [-0.3, -0.25) is 4.79 Å². The highest BCUT2D eigenvalue weighted by Gasteiger charge is 2.09. The van der Waals surface area contributed by atoms with E-state index in [4.69, 9.17) is 9.15 Å².